The van der Waals surface area contributed by atoms with E-state index in [1.54, 1.807) is 23.5 Å². The van der Waals surface area contributed by atoms with Crippen molar-refractivity contribution in [2.45, 2.75) is 42.2 Å². The van der Waals surface area contributed by atoms with Crippen LogP contribution in [0.5, 0.6) is 0 Å². The van der Waals surface area contributed by atoms with Gasteiger partial charge in [0.05, 0.1) is 16.7 Å². The molecule has 2 aliphatic rings. The van der Waals surface area contributed by atoms with Gasteiger partial charge in [0.25, 0.3) is 11.8 Å². The minimum Gasteiger partial charge on any atom is -0.340 e. The van der Waals surface area contributed by atoms with Gasteiger partial charge in [0.1, 0.15) is 0 Å². The van der Waals surface area contributed by atoms with Crippen molar-refractivity contribution < 1.29 is 19.2 Å². The number of carbonyl (C=O) groups is 3. The fourth-order valence-electron chi connectivity index (χ4n) is 4.30. The molecular formula is C24H22N2O4S2. The minimum absolute atomic E-state index is 0.100. The summed E-state index contributed by atoms with van der Waals surface area (Å²) < 4.78 is 2.50. The molecule has 1 atom stereocenters. The Bertz CT molecular complexity index is 1220. The molecule has 3 aromatic rings. The monoisotopic (exact) mass is 466 g/mol. The van der Waals surface area contributed by atoms with Gasteiger partial charge in [-0.3, -0.25) is 9.59 Å². The molecule has 1 saturated heterocycles. The third-order valence-corrected chi connectivity index (χ3v) is 8.45. The topological polar surface area (TPSA) is 68.6 Å². The van der Waals surface area contributed by atoms with Gasteiger partial charge in [-0.15, -0.1) is 28.6 Å². The van der Waals surface area contributed by atoms with E-state index in [0.29, 0.717) is 10.8 Å². The number of thioether (sulfide) groups is 2. The predicted octanol–water partition coefficient (Wildman–Crippen LogP) is 5.16. The third-order valence-electron chi connectivity index (χ3n) is 5.71. The van der Waals surface area contributed by atoms with Gasteiger partial charge in [0.15, 0.2) is 0 Å². The highest BCUT2D eigenvalue weighted by atomic mass is 32.2. The molecule has 0 saturated carbocycles. The second kappa shape index (κ2) is 8.67. The smallest absolute Gasteiger partial charge is 0.334 e. The quantitative estimate of drug-likeness (QED) is 0.467. The number of carbonyl (C=O) groups excluding carboxylic acids is 3. The number of para-hydroxylation sites is 1. The molecule has 164 valence electrons. The Kier molecular flexibility index (Phi) is 5.73. The number of hydrogen-bond donors (Lipinski definition) is 0. The number of hydrogen-bond acceptors (Lipinski definition) is 6. The number of rotatable bonds is 6. The Hall–Kier alpha value is -2.71. The Labute approximate surface area is 194 Å². The van der Waals surface area contributed by atoms with Crippen LogP contribution in [0.1, 0.15) is 36.3 Å². The highest BCUT2D eigenvalue weighted by Crippen LogP contribution is 2.56. The zero-order valence-corrected chi connectivity index (χ0v) is 19.2. The Morgan fingerprint density at radius 2 is 1.81 bits per heavy atom. The van der Waals surface area contributed by atoms with Crippen molar-refractivity contribution in [2.75, 3.05) is 5.75 Å². The molecule has 32 heavy (non-hydrogen) atoms. The first-order valence-electron chi connectivity index (χ1n) is 10.6. The van der Waals surface area contributed by atoms with E-state index < -0.39 is 17.8 Å². The van der Waals surface area contributed by atoms with E-state index in [-0.39, 0.29) is 23.8 Å². The van der Waals surface area contributed by atoms with Crippen LogP contribution in [0.15, 0.2) is 53.4 Å². The molecule has 0 aliphatic carbocycles. The number of imide groups is 1. The molecule has 0 bridgehead atoms. The molecule has 1 unspecified atom stereocenters. The maximum Gasteiger partial charge on any atom is 0.334 e. The summed E-state index contributed by atoms with van der Waals surface area (Å²) in [6.45, 7) is 3.03. The first-order valence-corrected chi connectivity index (χ1v) is 12.6. The number of hydroxylamine groups is 2. The lowest BCUT2D eigenvalue weighted by Gasteiger charge is -2.26. The van der Waals surface area contributed by atoms with Gasteiger partial charge in [-0.25, -0.2) is 4.79 Å². The van der Waals surface area contributed by atoms with E-state index in [4.69, 9.17) is 4.84 Å². The molecule has 0 radical (unpaired) electrons. The SMILES string of the molecule is CCn1c2c(c3ccccc31)C(SCCC(=O)ON1C(=O)CCC1=O)Sc1ccccc1-2. The van der Waals surface area contributed by atoms with Gasteiger partial charge in [-0.1, -0.05) is 36.4 Å². The number of fused-ring (bicyclic) bond motifs is 5. The van der Waals surface area contributed by atoms with Gasteiger partial charge in [0, 0.05) is 52.1 Å². The van der Waals surface area contributed by atoms with Crippen molar-refractivity contribution in [3.63, 3.8) is 0 Å². The van der Waals surface area contributed by atoms with Crippen LogP contribution in [0.3, 0.4) is 0 Å². The van der Waals surface area contributed by atoms with E-state index in [1.807, 2.05) is 0 Å². The fourth-order valence-corrected chi connectivity index (χ4v) is 7.11. The summed E-state index contributed by atoms with van der Waals surface area (Å²) in [5, 5.41) is 1.85. The Balaban J connectivity index is 1.39. The molecule has 1 fully saturated rings. The first kappa shape index (κ1) is 21.2. The summed E-state index contributed by atoms with van der Waals surface area (Å²) in [6.07, 6.45) is 0.328. The van der Waals surface area contributed by atoms with Crippen LogP contribution in [-0.4, -0.2) is 33.2 Å². The average Bonchev–Trinajstić information content (AvgIpc) is 3.31. The summed E-state index contributed by atoms with van der Waals surface area (Å²) in [5.74, 6) is -0.932. The van der Waals surface area contributed by atoms with Crippen molar-refractivity contribution in [3.8, 4) is 11.3 Å². The molecule has 2 aliphatic heterocycles. The zero-order chi connectivity index (χ0) is 22.2. The van der Waals surface area contributed by atoms with Gasteiger partial charge < -0.3 is 9.40 Å². The van der Waals surface area contributed by atoms with Gasteiger partial charge in [0.2, 0.25) is 0 Å². The van der Waals surface area contributed by atoms with Crippen LogP contribution in [0.4, 0.5) is 0 Å². The highest BCUT2D eigenvalue weighted by molar-refractivity contribution is 8.16. The van der Waals surface area contributed by atoms with Crippen molar-refractivity contribution in [2.24, 2.45) is 0 Å². The van der Waals surface area contributed by atoms with E-state index in [9.17, 15) is 14.4 Å². The van der Waals surface area contributed by atoms with E-state index >= 15 is 0 Å². The van der Waals surface area contributed by atoms with Gasteiger partial charge >= 0.3 is 5.97 Å². The summed E-state index contributed by atoms with van der Waals surface area (Å²) >= 11 is 3.49. The van der Waals surface area contributed by atoms with E-state index in [0.717, 1.165) is 6.54 Å². The summed E-state index contributed by atoms with van der Waals surface area (Å²) in [5.41, 5.74) is 4.99. The second-order valence-electron chi connectivity index (χ2n) is 7.64. The molecule has 2 aromatic carbocycles. The van der Waals surface area contributed by atoms with Crippen molar-refractivity contribution in [1.29, 1.82) is 0 Å². The van der Waals surface area contributed by atoms with Crippen LogP contribution in [0.25, 0.3) is 22.2 Å². The molecular weight excluding hydrogens is 444 g/mol. The van der Waals surface area contributed by atoms with Crippen LogP contribution in [-0.2, 0) is 25.8 Å². The highest BCUT2D eigenvalue weighted by Gasteiger charge is 2.34. The van der Waals surface area contributed by atoms with Crippen molar-refractivity contribution >= 4 is 52.2 Å². The number of amides is 2. The van der Waals surface area contributed by atoms with Crippen molar-refractivity contribution in [3.05, 3.63) is 54.1 Å². The number of aryl methyl sites for hydroxylation is 1. The molecule has 5 rings (SSSR count). The lowest BCUT2D eigenvalue weighted by molar-refractivity contribution is -0.197. The van der Waals surface area contributed by atoms with Crippen LogP contribution in [0, 0.1) is 0 Å². The summed E-state index contributed by atoms with van der Waals surface area (Å²) in [4.78, 5) is 41.8. The molecule has 0 N–H and O–H groups in total. The predicted molar refractivity (Wildman–Crippen MR) is 126 cm³/mol. The summed E-state index contributed by atoms with van der Waals surface area (Å²) in [6, 6.07) is 16.9. The molecule has 0 spiro atoms. The van der Waals surface area contributed by atoms with Crippen LogP contribution < -0.4 is 0 Å². The third kappa shape index (κ3) is 3.61. The maximum absolute atomic E-state index is 12.2. The fraction of sp³-hybridized carbons (Fsp3) is 0.292. The number of benzene rings is 2. The molecule has 6 nitrogen and oxygen atoms in total. The van der Waals surface area contributed by atoms with Crippen LogP contribution >= 0.6 is 23.5 Å². The molecule has 1 aromatic heterocycles. The van der Waals surface area contributed by atoms with Crippen LogP contribution in [0.2, 0.25) is 0 Å². The van der Waals surface area contributed by atoms with E-state index in [1.165, 1.54) is 32.6 Å². The Morgan fingerprint density at radius 3 is 2.59 bits per heavy atom. The Morgan fingerprint density at radius 1 is 1.09 bits per heavy atom. The largest absolute Gasteiger partial charge is 0.340 e. The lowest BCUT2D eigenvalue weighted by atomic mass is 10.1. The number of aromatic nitrogens is 1. The molecule has 8 heteroatoms. The average molecular weight is 467 g/mol. The summed E-state index contributed by atoms with van der Waals surface area (Å²) in [7, 11) is 0. The normalized spacial score (nSPS) is 17.5. The van der Waals surface area contributed by atoms with Crippen molar-refractivity contribution in [1.82, 2.24) is 9.63 Å². The second-order valence-corrected chi connectivity index (χ2v) is 10.3. The molecule has 2 amide bonds. The standard InChI is InChI=1S/C24H22N2O4S2/c1-2-25-17-9-5-3-7-15(17)22-23(25)16-8-4-6-10-18(16)32-24(22)31-14-13-21(29)30-26-19(27)11-12-20(26)28/h3-10,24H,2,11-14H2,1H3. The molecule has 3 heterocycles. The lowest BCUT2D eigenvalue weighted by Crippen LogP contribution is -2.32. The zero-order valence-electron chi connectivity index (χ0n) is 17.6. The maximum atomic E-state index is 12.2. The van der Waals surface area contributed by atoms with E-state index in [2.05, 4.69) is 60.0 Å². The first-order chi connectivity index (χ1) is 15.6. The number of nitrogens with zero attached hydrogens (tertiary/aromatic N) is 2. The minimum atomic E-state index is -0.557. The van der Waals surface area contributed by atoms with Gasteiger partial charge in [-0.2, -0.15) is 0 Å². The van der Waals surface area contributed by atoms with Gasteiger partial charge in [-0.05, 0) is 19.1 Å².